The first-order valence-electron chi connectivity index (χ1n) is 6.87. The highest BCUT2D eigenvalue weighted by atomic mass is 16.5. The van der Waals surface area contributed by atoms with E-state index < -0.39 is 0 Å². The van der Waals surface area contributed by atoms with Gasteiger partial charge in [-0.1, -0.05) is 30.3 Å². The molecule has 1 aliphatic heterocycles. The average molecular weight is 248 g/mol. The largest absolute Gasteiger partial charge is 0.381 e. The van der Waals surface area contributed by atoms with E-state index in [9.17, 15) is 0 Å². The van der Waals surface area contributed by atoms with E-state index in [1.807, 2.05) is 0 Å². The Morgan fingerprint density at radius 1 is 1.39 bits per heavy atom. The fourth-order valence-corrected chi connectivity index (χ4v) is 2.64. The Morgan fingerprint density at radius 2 is 2.17 bits per heavy atom. The van der Waals surface area contributed by atoms with Gasteiger partial charge in [-0.15, -0.1) is 0 Å². The number of hydrogen-bond donors (Lipinski definition) is 1. The zero-order valence-electron chi connectivity index (χ0n) is 11.2. The van der Waals surface area contributed by atoms with E-state index in [0.29, 0.717) is 18.5 Å². The first-order valence-corrected chi connectivity index (χ1v) is 6.87. The van der Waals surface area contributed by atoms with Crippen molar-refractivity contribution in [2.45, 2.75) is 25.9 Å². The van der Waals surface area contributed by atoms with Crippen molar-refractivity contribution in [3.63, 3.8) is 0 Å². The normalized spacial score (nSPS) is 21.4. The van der Waals surface area contributed by atoms with Crippen LogP contribution in [0, 0.1) is 5.92 Å². The van der Waals surface area contributed by atoms with E-state index in [2.05, 4.69) is 42.2 Å². The van der Waals surface area contributed by atoms with Crippen molar-refractivity contribution in [1.82, 2.24) is 4.90 Å². The van der Waals surface area contributed by atoms with Crippen molar-refractivity contribution in [1.29, 1.82) is 0 Å². The topological polar surface area (TPSA) is 38.5 Å². The van der Waals surface area contributed by atoms with Gasteiger partial charge in [-0.05, 0) is 24.8 Å². The van der Waals surface area contributed by atoms with Crippen LogP contribution in [0.5, 0.6) is 0 Å². The van der Waals surface area contributed by atoms with Crippen LogP contribution in [-0.4, -0.2) is 37.2 Å². The third-order valence-electron chi connectivity index (χ3n) is 3.87. The lowest BCUT2D eigenvalue weighted by Gasteiger charge is -2.32. The minimum absolute atomic E-state index is 0.538. The first-order chi connectivity index (χ1) is 8.81. The van der Waals surface area contributed by atoms with E-state index in [0.717, 1.165) is 26.3 Å². The minimum atomic E-state index is 0.538. The average Bonchev–Trinajstić information content (AvgIpc) is 2.92. The number of hydrogen-bond acceptors (Lipinski definition) is 3. The van der Waals surface area contributed by atoms with Gasteiger partial charge in [-0.3, -0.25) is 4.90 Å². The summed E-state index contributed by atoms with van der Waals surface area (Å²) in [7, 11) is 0. The molecule has 0 aliphatic carbocycles. The second kappa shape index (κ2) is 6.88. The molecule has 1 heterocycles. The van der Waals surface area contributed by atoms with E-state index in [-0.39, 0.29) is 0 Å². The Hall–Kier alpha value is -0.900. The van der Waals surface area contributed by atoms with Gasteiger partial charge in [0.25, 0.3) is 0 Å². The molecule has 0 spiro atoms. The second-order valence-electron chi connectivity index (χ2n) is 5.11. The van der Waals surface area contributed by atoms with Gasteiger partial charge in [0.2, 0.25) is 0 Å². The number of rotatable bonds is 6. The molecule has 2 unspecified atom stereocenters. The summed E-state index contributed by atoms with van der Waals surface area (Å²) in [4.78, 5) is 2.48. The van der Waals surface area contributed by atoms with Crippen LogP contribution < -0.4 is 5.73 Å². The molecule has 1 aromatic carbocycles. The number of nitrogens with two attached hydrogens (primary N) is 1. The van der Waals surface area contributed by atoms with Gasteiger partial charge < -0.3 is 10.5 Å². The highest BCUT2D eigenvalue weighted by Gasteiger charge is 2.26. The standard InChI is InChI=1S/C15H24N2O/c1-13(15-7-10-18-12-15)17(9-8-16)11-14-5-3-2-4-6-14/h2-6,13,15H,7-12,16H2,1H3. The lowest BCUT2D eigenvalue weighted by atomic mass is 9.98. The van der Waals surface area contributed by atoms with Crippen molar-refractivity contribution in [3.05, 3.63) is 35.9 Å². The molecule has 100 valence electrons. The summed E-state index contributed by atoms with van der Waals surface area (Å²) in [5.74, 6) is 0.653. The molecular weight excluding hydrogens is 224 g/mol. The molecule has 1 fully saturated rings. The van der Waals surface area contributed by atoms with Crippen LogP contribution in [0.25, 0.3) is 0 Å². The van der Waals surface area contributed by atoms with Gasteiger partial charge in [0, 0.05) is 32.3 Å². The molecule has 1 aromatic rings. The maximum absolute atomic E-state index is 5.75. The maximum Gasteiger partial charge on any atom is 0.0509 e. The Morgan fingerprint density at radius 3 is 2.78 bits per heavy atom. The molecule has 2 N–H and O–H groups in total. The van der Waals surface area contributed by atoms with Crippen LogP contribution in [0.15, 0.2) is 30.3 Å². The quantitative estimate of drug-likeness (QED) is 0.835. The smallest absolute Gasteiger partial charge is 0.0509 e. The van der Waals surface area contributed by atoms with E-state index in [1.165, 1.54) is 12.0 Å². The molecule has 1 saturated heterocycles. The van der Waals surface area contributed by atoms with E-state index in [4.69, 9.17) is 10.5 Å². The zero-order valence-corrected chi connectivity index (χ0v) is 11.2. The number of benzene rings is 1. The van der Waals surface area contributed by atoms with Crippen molar-refractivity contribution in [2.75, 3.05) is 26.3 Å². The summed E-state index contributed by atoms with van der Waals surface area (Å²) in [6, 6.07) is 11.2. The van der Waals surface area contributed by atoms with Crippen molar-refractivity contribution < 1.29 is 4.74 Å². The number of ether oxygens (including phenoxy) is 1. The second-order valence-corrected chi connectivity index (χ2v) is 5.11. The van der Waals surface area contributed by atoms with Crippen LogP contribution >= 0.6 is 0 Å². The summed E-state index contributed by atoms with van der Waals surface area (Å²) in [6.07, 6.45) is 1.18. The molecule has 0 radical (unpaired) electrons. The SMILES string of the molecule is CC(C1CCOC1)N(CCN)Cc1ccccc1. The molecular formula is C15H24N2O. The van der Waals surface area contributed by atoms with Gasteiger partial charge in [0.05, 0.1) is 6.61 Å². The first kappa shape index (κ1) is 13.5. The Kier molecular flexibility index (Phi) is 5.17. The van der Waals surface area contributed by atoms with Gasteiger partial charge >= 0.3 is 0 Å². The third-order valence-corrected chi connectivity index (χ3v) is 3.87. The highest BCUT2D eigenvalue weighted by Crippen LogP contribution is 2.22. The molecule has 2 rings (SSSR count). The Labute approximate surface area is 110 Å². The summed E-state index contributed by atoms with van der Waals surface area (Å²) in [5, 5.41) is 0. The third kappa shape index (κ3) is 3.55. The predicted molar refractivity (Wildman–Crippen MR) is 74.3 cm³/mol. The summed E-state index contributed by atoms with van der Waals surface area (Å²) in [5.41, 5.74) is 7.10. The summed E-state index contributed by atoms with van der Waals surface area (Å²) >= 11 is 0. The lowest BCUT2D eigenvalue weighted by molar-refractivity contribution is 0.125. The van der Waals surface area contributed by atoms with Gasteiger partial charge in [-0.2, -0.15) is 0 Å². The summed E-state index contributed by atoms with van der Waals surface area (Å²) in [6.45, 7) is 6.76. The van der Waals surface area contributed by atoms with Gasteiger partial charge in [0.15, 0.2) is 0 Å². The zero-order chi connectivity index (χ0) is 12.8. The van der Waals surface area contributed by atoms with Crippen LogP contribution in [-0.2, 0) is 11.3 Å². The number of nitrogens with zero attached hydrogens (tertiary/aromatic N) is 1. The molecule has 1 aliphatic rings. The van der Waals surface area contributed by atoms with Crippen LogP contribution in [0.3, 0.4) is 0 Å². The van der Waals surface area contributed by atoms with Crippen molar-refractivity contribution >= 4 is 0 Å². The van der Waals surface area contributed by atoms with Gasteiger partial charge in [-0.25, -0.2) is 0 Å². The molecule has 0 saturated carbocycles. The van der Waals surface area contributed by atoms with Gasteiger partial charge in [0.1, 0.15) is 0 Å². The summed E-state index contributed by atoms with van der Waals surface area (Å²) < 4.78 is 5.50. The van der Waals surface area contributed by atoms with Crippen LogP contribution in [0.4, 0.5) is 0 Å². The maximum atomic E-state index is 5.75. The van der Waals surface area contributed by atoms with Crippen LogP contribution in [0.2, 0.25) is 0 Å². The lowest BCUT2D eigenvalue weighted by Crippen LogP contribution is -2.41. The fourth-order valence-electron chi connectivity index (χ4n) is 2.64. The molecule has 3 heteroatoms. The van der Waals surface area contributed by atoms with Crippen LogP contribution in [0.1, 0.15) is 18.9 Å². The molecule has 18 heavy (non-hydrogen) atoms. The van der Waals surface area contributed by atoms with Crippen molar-refractivity contribution in [3.8, 4) is 0 Å². The van der Waals surface area contributed by atoms with E-state index in [1.54, 1.807) is 0 Å². The monoisotopic (exact) mass is 248 g/mol. The molecule has 3 nitrogen and oxygen atoms in total. The molecule has 0 bridgehead atoms. The van der Waals surface area contributed by atoms with Crippen molar-refractivity contribution in [2.24, 2.45) is 11.7 Å². The molecule has 0 aromatic heterocycles. The Balaban J connectivity index is 1.98. The Bertz CT molecular complexity index is 336. The molecule has 0 amide bonds. The minimum Gasteiger partial charge on any atom is -0.381 e. The molecule has 2 atom stereocenters. The van der Waals surface area contributed by atoms with E-state index >= 15 is 0 Å². The fraction of sp³-hybridized carbons (Fsp3) is 0.600. The highest BCUT2D eigenvalue weighted by molar-refractivity contribution is 5.14. The predicted octanol–water partition coefficient (Wildman–Crippen LogP) is 1.87.